The van der Waals surface area contributed by atoms with E-state index in [4.69, 9.17) is 0 Å². The lowest BCUT2D eigenvalue weighted by atomic mass is 10.3. The zero-order valence-corrected chi connectivity index (χ0v) is 14.1. The van der Waals surface area contributed by atoms with Gasteiger partial charge in [-0.2, -0.15) is 0 Å². The first kappa shape index (κ1) is 16.6. The molecule has 2 aromatic carbocycles. The van der Waals surface area contributed by atoms with Gasteiger partial charge < -0.3 is 10.6 Å². The minimum Gasteiger partial charge on any atom is -0.325 e. The summed E-state index contributed by atoms with van der Waals surface area (Å²) < 4.78 is 0.956. The van der Waals surface area contributed by atoms with Crippen LogP contribution in [0.3, 0.4) is 0 Å². The van der Waals surface area contributed by atoms with Gasteiger partial charge >= 0.3 is 0 Å². The van der Waals surface area contributed by atoms with E-state index in [0.717, 1.165) is 15.8 Å². The molecule has 2 rings (SSSR count). The number of benzene rings is 2. The van der Waals surface area contributed by atoms with E-state index in [2.05, 4.69) is 26.6 Å². The number of para-hydroxylation sites is 1. The van der Waals surface area contributed by atoms with Crippen molar-refractivity contribution in [2.45, 2.75) is 0 Å². The molecule has 0 bridgehead atoms. The number of amides is 2. The molecule has 0 spiro atoms. The Balaban J connectivity index is 1.68. The maximum atomic E-state index is 11.8. The van der Waals surface area contributed by atoms with Crippen molar-refractivity contribution < 1.29 is 9.59 Å². The third kappa shape index (κ3) is 5.91. The van der Waals surface area contributed by atoms with Gasteiger partial charge in [-0.3, -0.25) is 9.59 Å². The topological polar surface area (TPSA) is 58.2 Å². The molecule has 2 aromatic rings. The molecule has 4 nitrogen and oxygen atoms in total. The number of anilines is 2. The Bertz CT molecular complexity index is 632. The van der Waals surface area contributed by atoms with E-state index in [1.807, 2.05) is 54.6 Å². The number of rotatable bonds is 6. The average Bonchev–Trinajstić information content (AvgIpc) is 2.50. The highest BCUT2D eigenvalue weighted by Crippen LogP contribution is 2.14. The third-order valence-corrected chi connectivity index (χ3v) is 4.11. The van der Waals surface area contributed by atoms with Crippen LogP contribution in [0.15, 0.2) is 59.1 Å². The predicted molar refractivity (Wildman–Crippen MR) is 95.2 cm³/mol. The molecule has 0 aliphatic heterocycles. The molecule has 6 heteroatoms. The molecule has 2 N–H and O–H groups in total. The molecule has 0 aliphatic rings. The van der Waals surface area contributed by atoms with Gasteiger partial charge in [0, 0.05) is 15.8 Å². The smallest absolute Gasteiger partial charge is 0.234 e. The Morgan fingerprint density at radius 3 is 1.86 bits per heavy atom. The molecule has 0 aliphatic carbocycles. The molecule has 2 amide bonds. The predicted octanol–water partition coefficient (Wildman–Crippen LogP) is 3.76. The molecule has 0 atom stereocenters. The highest BCUT2D eigenvalue weighted by Gasteiger charge is 2.06. The van der Waals surface area contributed by atoms with E-state index in [-0.39, 0.29) is 23.3 Å². The molecule has 114 valence electrons. The summed E-state index contributed by atoms with van der Waals surface area (Å²) in [6, 6.07) is 16.6. The average molecular weight is 379 g/mol. The van der Waals surface area contributed by atoms with Gasteiger partial charge in [0.15, 0.2) is 0 Å². The summed E-state index contributed by atoms with van der Waals surface area (Å²) in [6.07, 6.45) is 0. The van der Waals surface area contributed by atoms with Crippen molar-refractivity contribution in [3.8, 4) is 0 Å². The molecule has 0 heterocycles. The highest BCUT2D eigenvalue weighted by atomic mass is 79.9. The van der Waals surface area contributed by atoms with E-state index in [0.29, 0.717) is 0 Å². The molecule has 0 radical (unpaired) electrons. The van der Waals surface area contributed by atoms with Crippen LogP contribution in [0.25, 0.3) is 0 Å². The fourth-order valence-corrected chi connectivity index (χ4v) is 2.57. The van der Waals surface area contributed by atoms with Crippen molar-refractivity contribution >= 4 is 50.9 Å². The second-order valence-electron chi connectivity index (χ2n) is 4.46. The normalized spacial score (nSPS) is 10.0. The molecular weight excluding hydrogens is 364 g/mol. The lowest BCUT2D eigenvalue weighted by Gasteiger charge is -2.06. The Kier molecular flexibility index (Phi) is 6.48. The Hall–Kier alpha value is -1.79. The van der Waals surface area contributed by atoms with Crippen LogP contribution in [0.2, 0.25) is 0 Å². The second kappa shape index (κ2) is 8.60. The number of thioether (sulfide) groups is 1. The van der Waals surface area contributed by atoms with Gasteiger partial charge in [-0.1, -0.05) is 34.1 Å². The van der Waals surface area contributed by atoms with Crippen LogP contribution in [0.1, 0.15) is 0 Å². The second-order valence-corrected chi connectivity index (χ2v) is 6.36. The van der Waals surface area contributed by atoms with Crippen LogP contribution < -0.4 is 10.6 Å². The maximum absolute atomic E-state index is 11.8. The molecule has 0 saturated heterocycles. The van der Waals surface area contributed by atoms with Gasteiger partial charge in [0.2, 0.25) is 11.8 Å². The first-order chi connectivity index (χ1) is 10.6. The maximum Gasteiger partial charge on any atom is 0.234 e. The summed E-state index contributed by atoms with van der Waals surface area (Å²) in [5, 5.41) is 5.56. The summed E-state index contributed by atoms with van der Waals surface area (Å²) >= 11 is 4.61. The SMILES string of the molecule is O=C(CSCC(=O)Nc1ccc(Br)cc1)Nc1ccccc1. The van der Waals surface area contributed by atoms with Gasteiger partial charge in [-0.25, -0.2) is 0 Å². The van der Waals surface area contributed by atoms with Crippen molar-refractivity contribution in [3.05, 3.63) is 59.1 Å². The van der Waals surface area contributed by atoms with E-state index >= 15 is 0 Å². The number of hydrogen-bond acceptors (Lipinski definition) is 3. The molecule has 0 saturated carbocycles. The summed E-state index contributed by atoms with van der Waals surface area (Å²) in [4.78, 5) is 23.5. The zero-order valence-electron chi connectivity index (χ0n) is 11.7. The fraction of sp³-hybridized carbons (Fsp3) is 0.125. The van der Waals surface area contributed by atoms with Crippen LogP contribution >= 0.6 is 27.7 Å². The lowest BCUT2D eigenvalue weighted by Crippen LogP contribution is -2.18. The van der Waals surface area contributed by atoms with Crippen LogP contribution in [0.5, 0.6) is 0 Å². The first-order valence-electron chi connectivity index (χ1n) is 6.61. The zero-order chi connectivity index (χ0) is 15.8. The fourth-order valence-electron chi connectivity index (χ4n) is 1.69. The number of nitrogens with one attached hydrogen (secondary N) is 2. The quantitative estimate of drug-likeness (QED) is 0.804. The van der Waals surface area contributed by atoms with Crippen LogP contribution in [0.4, 0.5) is 11.4 Å². The number of halogens is 1. The Labute approximate surface area is 141 Å². The highest BCUT2D eigenvalue weighted by molar-refractivity contribution is 9.10. The largest absolute Gasteiger partial charge is 0.325 e. The molecular formula is C16H15BrN2O2S. The summed E-state index contributed by atoms with van der Waals surface area (Å²) in [5.74, 6) is 0.230. The van der Waals surface area contributed by atoms with Crippen molar-refractivity contribution in [1.29, 1.82) is 0 Å². The van der Waals surface area contributed by atoms with Crippen molar-refractivity contribution in [1.82, 2.24) is 0 Å². The first-order valence-corrected chi connectivity index (χ1v) is 8.56. The molecule has 22 heavy (non-hydrogen) atoms. The van der Waals surface area contributed by atoms with Crippen LogP contribution in [-0.4, -0.2) is 23.3 Å². The van der Waals surface area contributed by atoms with Gasteiger partial charge in [0.1, 0.15) is 0 Å². The van der Waals surface area contributed by atoms with Crippen LogP contribution in [0, 0.1) is 0 Å². The van der Waals surface area contributed by atoms with Crippen molar-refractivity contribution in [3.63, 3.8) is 0 Å². The Morgan fingerprint density at radius 1 is 0.818 bits per heavy atom. The number of carbonyl (C=O) groups excluding carboxylic acids is 2. The van der Waals surface area contributed by atoms with E-state index in [1.54, 1.807) is 0 Å². The monoisotopic (exact) mass is 378 g/mol. The van der Waals surface area contributed by atoms with Gasteiger partial charge in [0.05, 0.1) is 11.5 Å². The Morgan fingerprint density at radius 2 is 1.32 bits per heavy atom. The third-order valence-electron chi connectivity index (χ3n) is 2.65. The van der Waals surface area contributed by atoms with Gasteiger partial charge in [-0.05, 0) is 36.4 Å². The standard InChI is InChI=1S/C16H15BrN2O2S/c17-12-6-8-14(9-7-12)19-16(21)11-22-10-15(20)18-13-4-2-1-3-5-13/h1-9H,10-11H2,(H,18,20)(H,19,21). The number of hydrogen-bond donors (Lipinski definition) is 2. The molecule has 0 fully saturated rings. The minimum atomic E-state index is -0.125. The van der Waals surface area contributed by atoms with Gasteiger partial charge in [-0.15, -0.1) is 11.8 Å². The lowest BCUT2D eigenvalue weighted by molar-refractivity contribution is -0.114. The van der Waals surface area contributed by atoms with E-state index in [1.165, 1.54) is 11.8 Å². The summed E-state index contributed by atoms with van der Waals surface area (Å²) in [7, 11) is 0. The van der Waals surface area contributed by atoms with Gasteiger partial charge in [0.25, 0.3) is 0 Å². The van der Waals surface area contributed by atoms with E-state index < -0.39 is 0 Å². The van der Waals surface area contributed by atoms with E-state index in [9.17, 15) is 9.59 Å². The van der Waals surface area contributed by atoms with Crippen molar-refractivity contribution in [2.24, 2.45) is 0 Å². The minimum absolute atomic E-state index is 0.118. The molecule has 0 aromatic heterocycles. The number of carbonyl (C=O) groups is 2. The summed E-state index contributed by atoms with van der Waals surface area (Å²) in [6.45, 7) is 0. The van der Waals surface area contributed by atoms with Crippen LogP contribution in [-0.2, 0) is 9.59 Å². The van der Waals surface area contributed by atoms with Crippen molar-refractivity contribution in [2.75, 3.05) is 22.1 Å². The summed E-state index contributed by atoms with van der Waals surface area (Å²) in [5.41, 5.74) is 1.50. The molecule has 0 unspecified atom stereocenters.